The predicted octanol–water partition coefficient (Wildman–Crippen LogP) is 1.59. The summed E-state index contributed by atoms with van der Waals surface area (Å²) in [6, 6.07) is 2.13. The molecule has 1 N–H and O–H groups in total. The summed E-state index contributed by atoms with van der Waals surface area (Å²) in [5.74, 6) is 0.757. The first-order valence-electron chi connectivity index (χ1n) is 4.38. The van der Waals surface area contributed by atoms with E-state index in [-0.39, 0.29) is 0 Å². The molecule has 0 atom stereocenters. The Balaban J connectivity index is 2.96. The maximum absolute atomic E-state index is 8.91. The Bertz CT molecular complexity index is 395. The average molecular weight is 190 g/mol. The molecule has 74 valence electrons. The zero-order valence-corrected chi connectivity index (χ0v) is 8.76. The molecule has 0 saturated carbocycles. The van der Waals surface area contributed by atoms with Crippen molar-refractivity contribution in [1.29, 1.82) is 5.26 Å². The molecule has 0 amide bonds. The number of aromatic nitrogens is 2. The van der Waals surface area contributed by atoms with E-state index in [9.17, 15) is 0 Å². The summed E-state index contributed by atoms with van der Waals surface area (Å²) >= 11 is 0. The number of hydrogen-bond donors (Lipinski definition) is 1. The van der Waals surface area contributed by atoms with Crippen LogP contribution >= 0.6 is 0 Å². The smallest absolute Gasteiger partial charge is 0.142 e. The molecular formula is C10H14N4. The third kappa shape index (κ3) is 1.94. The average Bonchev–Trinajstić information content (AvgIpc) is 2.36. The lowest BCUT2D eigenvalue weighted by Gasteiger charge is -2.05. The molecule has 0 radical (unpaired) electrons. The van der Waals surface area contributed by atoms with Gasteiger partial charge in [0.05, 0.1) is 5.69 Å². The van der Waals surface area contributed by atoms with Gasteiger partial charge in [-0.05, 0) is 13.8 Å². The fraction of sp³-hybridized carbons (Fsp3) is 0.400. The number of nitrogens with zero attached hydrogens (tertiary/aromatic N) is 3. The molecule has 0 aliphatic carbocycles. The van der Waals surface area contributed by atoms with Gasteiger partial charge in [-0.2, -0.15) is 10.4 Å². The van der Waals surface area contributed by atoms with Crippen LogP contribution < -0.4 is 5.32 Å². The zero-order chi connectivity index (χ0) is 10.7. The third-order valence-electron chi connectivity index (χ3n) is 1.89. The molecule has 0 fully saturated rings. The standard InChI is InChI=1S/C10H14N4/c1-7(2)6-12-10-9(5-11)8(3)13-14(10)4/h12H,1,6H2,2-4H3. The quantitative estimate of drug-likeness (QED) is 0.736. The van der Waals surface area contributed by atoms with Crippen molar-refractivity contribution < 1.29 is 0 Å². The molecule has 4 nitrogen and oxygen atoms in total. The van der Waals surface area contributed by atoms with Crippen molar-refractivity contribution >= 4 is 5.82 Å². The number of anilines is 1. The second kappa shape index (κ2) is 3.97. The molecule has 0 saturated heterocycles. The minimum absolute atomic E-state index is 0.605. The Hall–Kier alpha value is -1.76. The summed E-state index contributed by atoms with van der Waals surface area (Å²) in [5, 5.41) is 16.2. The predicted molar refractivity (Wildman–Crippen MR) is 56.0 cm³/mol. The number of nitrogens with one attached hydrogen (secondary N) is 1. The number of aryl methyl sites for hydroxylation is 2. The third-order valence-corrected chi connectivity index (χ3v) is 1.89. The van der Waals surface area contributed by atoms with Crippen LogP contribution in [0, 0.1) is 18.3 Å². The van der Waals surface area contributed by atoms with E-state index >= 15 is 0 Å². The molecule has 14 heavy (non-hydrogen) atoms. The van der Waals surface area contributed by atoms with Crippen LogP contribution in [0.25, 0.3) is 0 Å². The van der Waals surface area contributed by atoms with Crippen LogP contribution in [0.4, 0.5) is 5.82 Å². The lowest BCUT2D eigenvalue weighted by atomic mass is 10.2. The normalized spacial score (nSPS) is 9.57. The van der Waals surface area contributed by atoms with Gasteiger partial charge in [-0.3, -0.25) is 4.68 Å². The largest absolute Gasteiger partial charge is 0.365 e. The van der Waals surface area contributed by atoms with Crippen molar-refractivity contribution in [2.45, 2.75) is 13.8 Å². The molecule has 1 rings (SSSR count). The Morgan fingerprint density at radius 3 is 2.86 bits per heavy atom. The zero-order valence-electron chi connectivity index (χ0n) is 8.76. The van der Waals surface area contributed by atoms with Gasteiger partial charge in [0.2, 0.25) is 0 Å². The SMILES string of the molecule is C=C(C)CNc1c(C#N)c(C)nn1C. The highest BCUT2D eigenvalue weighted by atomic mass is 15.3. The summed E-state index contributed by atoms with van der Waals surface area (Å²) in [6.45, 7) is 8.20. The first kappa shape index (κ1) is 10.3. The summed E-state index contributed by atoms with van der Waals surface area (Å²) in [5.41, 5.74) is 2.38. The number of hydrogen-bond acceptors (Lipinski definition) is 3. The van der Waals surface area contributed by atoms with Crippen LogP contribution in [-0.4, -0.2) is 16.3 Å². The van der Waals surface area contributed by atoms with Crippen LogP contribution in [0.1, 0.15) is 18.2 Å². The number of rotatable bonds is 3. The highest BCUT2D eigenvalue weighted by Crippen LogP contribution is 2.17. The Kier molecular flexibility index (Phi) is 2.92. The highest BCUT2D eigenvalue weighted by Gasteiger charge is 2.11. The summed E-state index contributed by atoms with van der Waals surface area (Å²) < 4.78 is 1.68. The van der Waals surface area contributed by atoms with Gasteiger partial charge in [0, 0.05) is 13.6 Å². The second-order valence-corrected chi connectivity index (χ2v) is 3.36. The van der Waals surface area contributed by atoms with E-state index in [1.54, 1.807) is 4.68 Å². The van der Waals surface area contributed by atoms with Crippen LogP contribution in [-0.2, 0) is 7.05 Å². The lowest BCUT2D eigenvalue weighted by molar-refractivity contribution is 0.760. The highest BCUT2D eigenvalue weighted by molar-refractivity contribution is 5.55. The van der Waals surface area contributed by atoms with E-state index < -0.39 is 0 Å². The van der Waals surface area contributed by atoms with Crippen molar-refractivity contribution in [2.24, 2.45) is 7.05 Å². The van der Waals surface area contributed by atoms with Gasteiger partial charge >= 0.3 is 0 Å². The molecule has 0 bridgehead atoms. The fourth-order valence-electron chi connectivity index (χ4n) is 1.23. The van der Waals surface area contributed by atoms with E-state index in [4.69, 9.17) is 5.26 Å². The van der Waals surface area contributed by atoms with Gasteiger partial charge in [-0.15, -0.1) is 0 Å². The topological polar surface area (TPSA) is 53.6 Å². The molecule has 1 heterocycles. The fourth-order valence-corrected chi connectivity index (χ4v) is 1.23. The lowest BCUT2D eigenvalue weighted by Crippen LogP contribution is -2.07. The molecular weight excluding hydrogens is 176 g/mol. The van der Waals surface area contributed by atoms with Crippen LogP contribution in [0.5, 0.6) is 0 Å². The Morgan fingerprint density at radius 1 is 1.71 bits per heavy atom. The minimum Gasteiger partial charge on any atom is -0.365 e. The van der Waals surface area contributed by atoms with Crippen molar-refractivity contribution in [2.75, 3.05) is 11.9 Å². The molecule has 0 aromatic carbocycles. The molecule has 0 aliphatic heterocycles. The maximum atomic E-state index is 8.91. The van der Waals surface area contributed by atoms with E-state index in [1.807, 2.05) is 20.9 Å². The second-order valence-electron chi connectivity index (χ2n) is 3.36. The van der Waals surface area contributed by atoms with E-state index in [0.717, 1.165) is 17.1 Å². The molecule has 4 heteroatoms. The van der Waals surface area contributed by atoms with Gasteiger partial charge < -0.3 is 5.32 Å². The molecule has 1 aromatic rings. The molecule has 0 spiro atoms. The van der Waals surface area contributed by atoms with Crippen LogP contribution in [0.15, 0.2) is 12.2 Å². The Labute approximate surface area is 83.8 Å². The van der Waals surface area contributed by atoms with E-state index in [1.165, 1.54) is 0 Å². The monoisotopic (exact) mass is 190 g/mol. The first-order valence-corrected chi connectivity index (χ1v) is 4.38. The van der Waals surface area contributed by atoms with Crippen molar-refractivity contribution in [3.05, 3.63) is 23.4 Å². The summed E-state index contributed by atoms with van der Waals surface area (Å²) in [7, 11) is 1.81. The van der Waals surface area contributed by atoms with Gasteiger partial charge in [0.25, 0.3) is 0 Å². The van der Waals surface area contributed by atoms with Crippen LogP contribution in [0.3, 0.4) is 0 Å². The summed E-state index contributed by atoms with van der Waals surface area (Å²) in [6.07, 6.45) is 0. The van der Waals surface area contributed by atoms with Gasteiger partial charge in [0.15, 0.2) is 0 Å². The van der Waals surface area contributed by atoms with Gasteiger partial charge in [-0.1, -0.05) is 12.2 Å². The number of nitriles is 1. The van der Waals surface area contributed by atoms with E-state index in [2.05, 4.69) is 23.1 Å². The van der Waals surface area contributed by atoms with Crippen molar-refractivity contribution in [3.63, 3.8) is 0 Å². The molecule has 0 aliphatic rings. The van der Waals surface area contributed by atoms with Gasteiger partial charge in [-0.25, -0.2) is 0 Å². The Morgan fingerprint density at radius 2 is 2.36 bits per heavy atom. The summed E-state index contributed by atoms with van der Waals surface area (Å²) in [4.78, 5) is 0. The van der Waals surface area contributed by atoms with Gasteiger partial charge in [0.1, 0.15) is 17.5 Å². The first-order chi connectivity index (χ1) is 6.56. The van der Waals surface area contributed by atoms with Crippen molar-refractivity contribution in [1.82, 2.24) is 9.78 Å². The minimum atomic E-state index is 0.605. The van der Waals surface area contributed by atoms with E-state index in [0.29, 0.717) is 12.1 Å². The molecule has 0 unspecified atom stereocenters. The maximum Gasteiger partial charge on any atom is 0.142 e. The molecule has 1 aromatic heterocycles. The van der Waals surface area contributed by atoms with Crippen LogP contribution in [0.2, 0.25) is 0 Å². The van der Waals surface area contributed by atoms with Crippen molar-refractivity contribution in [3.8, 4) is 6.07 Å².